The Morgan fingerprint density at radius 3 is 2.38 bits per heavy atom. The van der Waals surface area contributed by atoms with E-state index in [2.05, 4.69) is 30.5 Å². The minimum absolute atomic E-state index is 0.128. The number of hydrogen-bond donors (Lipinski definition) is 0. The Morgan fingerprint density at radius 1 is 1.05 bits per heavy atom. The standard InChI is InChI=1S/C17H16N2O2/c1-12(2)18-16-9-8-15(19(20)21)10-14(16)11-17(18)13-6-4-3-5-7-13/h3-12H,1-2H3. The molecule has 1 aromatic heterocycles. The second kappa shape index (κ2) is 5.05. The molecule has 0 fully saturated rings. The fraction of sp³-hybridized carbons (Fsp3) is 0.176. The molecule has 0 unspecified atom stereocenters. The Kier molecular flexibility index (Phi) is 3.22. The fourth-order valence-electron chi connectivity index (χ4n) is 2.72. The van der Waals surface area contributed by atoms with Gasteiger partial charge in [-0.1, -0.05) is 30.3 Å². The van der Waals surface area contributed by atoms with E-state index in [1.54, 1.807) is 12.1 Å². The van der Waals surface area contributed by atoms with Crippen molar-refractivity contribution in [2.45, 2.75) is 19.9 Å². The summed E-state index contributed by atoms with van der Waals surface area (Å²) in [6, 6.07) is 17.4. The zero-order valence-electron chi connectivity index (χ0n) is 12.0. The first-order valence-corrected chi connectivity index (χ1v) is 6.92. The minimum atomic E-state index is -0.353. The van der Waals surface area contributed by atoms with Gasteiger partial charge in [0.05, 0.1) is 4.92 Å². The highest BCUT2D eigenvalue weighted by atomic mass is 16.6. The number of hydrogen-bond acceptors (Lipinski definition) is 2. The van der Waals surface area contributed by atoms with Crippen LogP contribution in [0.2, 0.25) is 0 Å². The van der Waals surface area contributed by atoms with E-state index >= 15 is 0 Å². The highest BCUT2D eigenvalue weighted by molar-refractivity contribution is 5.88. The molecule has 0 N–H and O–H groups in total. The number of non-ortho nitro benzene ring substituents is 1. The van der Waals surface area contributed by atoms with E-state index in [0.717, 1.165) is 22.2 Å². The zero-order valence-corrected chi connectivity index (χ0v) is 12.0. The average molecular weight is 280 g/mol. The van der Waals surface area contributed by atoms with E-state index in [-0.39, 0.29) is 16.7 Å². The first-order chi connectivity index (χ1) is 10.1. The van der Waals surface area contributed by atoms with Crippen LogP contribution in [0.1, 0.15) is 19.9 Å². The molecule has 1 heterocycles. The third-order valence-electron chi connectivity index (χ3n) is 3.62. The van der Waals surface area contributed by atoms with Crippen molar-refractivity contribution in [3.8, 4) is 11.3 Å². The van der Waals surface area contributed by atoms with Gasteiger partial charge in [0.25, 0.3) is 5.69 Å². The van der Waals surface area contributed by atoms with Gasteiger partial charge in [-0.2, -0.15) is 0 Å². The number of aromatic nitrogens is 1. The van der Waals surface area contributed by atoms with E-state index < -0.39 is 0 Å². The largest absolute Gasteiger partial charge is 0.338 e. The number of fused-ring (bicyclic) bond motifs is 1. The van der Waals surface area contributed by atoms with Crippen LogP contribution >= 0.6 is 0 Å². The molecule has 106 valence electrons. The number of rotatable bonds is 3. The summed E-state index contributed by atoms with van der Waals surface area (Å²) in [5.41, 5.74) is 3.35. The van der Waals surface area contributed by atoms with Gasteiger partial charge in [0.2, 0.25) is 0 Å². The Labute approximate surface area is 122 Å². The van der Waals surface area contributed by atoms with Crippen LogP contribution in [0, 0.1) is 10.1 Å². The van der Waals surface area contributed by atoms with Gasteiger partial charge in [0.15, 0.2) is 0 Å². The van der Waals surface area contributed by atoms with Crippen molar-refractivity contribution in [3.63, 3.8) is 0 Å². The van der Waals surface area contributed by atoms with Gasteiger partial charge in [0.1, 0.15) is 0 Å². The summed E-state index contributed by atoms with van der Waals surface area (Å²) in [7, 11) is 0. The topological polar surface area (TPSA) is 48.1 Å². The normalized spacial score (nSPS) is 11.2. The fourth-order valence-corrected chi connectivity index (χ4v) is 2.72. The molecule has 0 aliphatic carbocycles. The molecule has 0 aliphatic heterocycles. The summed E-state index contributed by atoms with van der Waals surface area (Å²) < 4.78 is 2.22. The second-order valence-electron chi connectivity index (χ2n) is 5.36. The van der Waals surface area contributed by atoms with E-state index in [1.807, 2.05) is 30.3 Å². The maximum atomic E-state index is 10.9. The third kappa shape index (κ3) is 2.29. The summed E-state index contributed by atoms with van der Waals surface area (Å²) >= 11 is 0. The van der Waals surface area contributed by atoms with Gasteiger partial charge in [0, 0.05) is 34.8 Å². The first-order valence-electron chi connectivity index (χ1n) is 6.92. The van der Waals surface area contributed by atoms with Crippen molar-refractivity contribution < 1.29 is 4.92 Å². The lowest BCUT2D eigenvalue weighted by molar-refractivity contribution is -0.384. The van der Waals surface area contributed by atoms with E-state index in [4.69, 9.17) is 0 Å². The molecular formula is C17H16N2O2. The van der Waals surface area contributed by atoms with Gasteiger partial charge in [-0.25, -0.2) is 0 Å². The molecule has 0 spiro atoms. The maximum absolute atomic E-state index is 10.9. The van der Waals surface area contributed by atoms with Crippen LogP contribution in [0.3, 0.4) is 0 Å². The maximum Gasteiger partial charge on any atom is 0.270 e. The van der Waals surface area contributed by atoms with Crippen LogP contribution in [-0.4, -0.2) is 9.49 Å². The van der Waals surface area contributed by atoms with Crippen molar-refractivity contribution in [1.82, 2.24) is 4.57 Å². The molecule has 4 heteroatoms. The molecular weight excluding hydrogens is 264 g/mol. The molecule has 21 heavy (non-hydrogen) atoms. The Hall–Kier alpha value is -2.62. The number of nitro groups is 1. The van der Waals surface area contributed by atoms with E-state index in [1.165, 1.54) is 0 Å². The minimum Gasteiger partial charge on any atom is -0.338 e. The van der Waals surface area contributed by atoms with Gasteiger partial charge in [-0.15, -0.1) is 0 Å². The number of benzene rings is 2. The molecule has 0 amide bonds. The van der Waals surface area contributed by atoms with Crippen LogP contribution in [0.5, 0.6) is 0 Å². The van der Waals surface area contributed by atoms with Crippen LogP contribution in [-0.2, 0) is 0 Å². The van der Waals surface area contributed by atoms with Crippen LogP contribution in [0.4, 0.5) is 5.69 Å². The van der Waals surface area contributed by atoms with Gasteiger partial charge in [-0.3, -0.25) is 10.1 Å². The van der Waals surface area contributed by atoms with Crippen molar-refractivity contribution in [2.24, 2.45) is 0 Å². The molecule has 0 bridgehead atoms. The zero-order chi connectivity index (χ0) is 15.0. The van der Waals surface area contributed by atoms with Crippen LogP contribution in [0.25, 0.3) is 22.2 Å². The molecule has 2 aromatic carbocycles. The lowest BCUT2D eigenvalue weighted by atomic mass is 10.1. The molecule has 0 saturated heterocycles. The molecule has 3 rings (SSSR count). The Balaban J connectivity index is 2.29. The summed E-state index contributed by atoms with van der Waals surface area (Å²) in [5, 5.41) is 11.8. The van der Waals surface area contributed by atoms with Gasteiger partial charge < -0.3 is 4.57 Å². The SMILES string of the molecule is CC(C)n1c(-c2ccccc2)cc2cc([N+](=O)[O-])ccc21. The predicted molar refractivity (Wildman–Crippen MR) is 84.4 cm³/mol. The number of nitro benzene ring substituents is 1. The summed E-state index contributed by atoms with van der Waals surface area (Å²) in [6.07, 6.45) is 0. The second-order valence-corrected chi connectivity index (χ2v) is 5.36. The monoisotopic (exact) mass is 280 g/mol. The van der Waals surface area contributed by atoms with Crippen LogP contribution < -0.4 is 0 Å². The van der Waals surface area contributed by atoms with Crippen molar-refractivity contribution >= 4 is 16.6 Å². The van der Waals surface area contributed by atoms with Crippen LogP contribution in [0.15, 0.2) is 54.6 Å². The highest BCUT2D eigenvalue weighted by Gasteiger charge is 2.15. The highest BCUT2D eigenvalue weighted by Crippen LogP contribution is 2.33. The lowest BCUT2D eigenvalue weighted by Crippen LogP contribution is -2.02. The first kappa shape index (κ1) is 13.4. The molecule has 0 saturated carbocycles. The Morgan fingerprint density at radius 2 is 1.76 bits per heavy atom. The molecule has 0 radical (unpaired) electrons. The summed E-state index contributed by atoms with van der Waals surface area (Å²) in [6.45, 7) is 4.24. The molecule has 0 atom stereocenters. The third-order valence-corrected chi connectivity index (χ3v) is 3.62. The van der Waals surface area contributed by atoms with Crippen molar-refractivity contribution in [2.75, 3.05) is 0 Å². The average Bonchev–Trinajstić information content (AvgIpc) is 2.86. The van der Waals surface area contributed by atoms with Gasteiger partial charge in [-0.05, 0) is 31.5 Å². The summed E-state index contributed by atoms with van der Waals surface area (Å²) in [4.78, 5) is 10.6. The lowest BCUT2D eigenvalue weighted by Gasteiger charge is -2.14. The van der Waals surface area contributed by atoms with E-state index in [9.17, 15) is 10.1 Å². The van der Waals surface area contributed by atoms with E-state index in [0.29, 0.717) is 0 Å². The molecule has 3 aromatic rings. The predicted octanol–water partition coefficient (Wildman–Crippen LogP) is 4.80. The molecule has 4 nitrogen and oxygen atoms in total. The number of nitrogens with zero attached hydrogens (tertiary/aromatic N) is 2. The molecule has 0 aliphatic rings. The van der Waals surface area contributed by atoms with Gasteiger partial charge >= 0.3 is 0 Å². The Bertz CT molecular complexity index is 804. The van der Waals surface area contributed by atoms with Crippen molar-refractivity contribution in [1.29, 1.82) is 0 Å². The smallest absolute Gasteiger partial charge is 0.270 e. The quantitative estimate of drug-likeness (QED) is 0.511. The summed E-state index contributed by atoms with van der Waals surface area (Å²) in [5.74, 6) is 0. The van der Waals surface area contributed by atoms with Crippen molar-refractivity contribution in [3.05, 3.63) is 64.7 Å².